The van der Waals surface area contributed by atoms with Crippen LogP contribution in [-0.2, 0) is 0 Å². The number of fused-ring (bicyclic) bond motifs is 1. The summed E-state index contributed by atoms with van der Waals surface area (Å²) in [6, 6.07) is 17.3. The van der Waals surface area contributed by atoms with Crippen molar-refractivity contribution in [2.24, 2.45) is 0 Å². The second kappa shape index (κ2) is 7.98. The van der Waals surface area contributed by atoms with Crippen LogP contribution in [0.15, 0.2) is 66.7 Å². The first-order chi connectivity index (χ1) is 14.0. The van der Waals surface area contributed by atoms with E-state index in [1.54, 1.807) is 54.6 Å². The van der Waals surface area contributed by atoms with E-state index in [2.05, 4.69) is 15.6 Å². The van der Waals surface area contributed by atoms with Crippen molar-refractivity contribution in [3.05, 3.63) is 88.7 Å². The summed E-state index contributed by atoms with van der Waals surface area (Å²) in [6.07, 6.45) is 0. The summed E-state index contributed by atoms with van der Waals surface area (Å²) in [5, 5.41) is 6.31. The standard InChI is InChI=1S/C21H13ClFN3O2S/c22-13-7-5-12(6-8-13)19(27)24-16-4-2-1-3-15(16)20(28)26-21-25-17-10-9-14(23)11-18(17)29-21/h1-11H,(H,24,27)(H,25,26,28). The van der Waals surface area contributed by atoms with Crippen molar-refractivity contribution < 1.29 is 14.0 Å². The molecule has 4 rings (SSSR count). The number of carbonyl (C=O) groups is 2. The molecule has 0 aliphatic carbocycles. The van der Waals surface area contributed by atoms with Crippen molar-refractivity contribution in [1.82, 2.24) is 4.98 Å². The molecule has 3 aromatic carbocycles. The first-order valence-electron chi connectivity index (χ1n) is 8.53. The Morgan fingerprint density at radius 3 is 2.48 bits per heavy atom. The van der Waals surface area contributed by atoms with Gasteiger partial charge in [0.15, 0.2) is 5.13 Å². The molecule has 0 aliphatic heterocycles. The number of carbonyl (C=O) groups excluding carboxylic acids is 2. The van der Waals surface area contributed by atoms with E-state index in [-0.39, 0.29) is 17.3 Å². The molecule has 0 fully saturated rings. The zero-order valence-electron chi connectivity index (χ0n) is 14.8. The third kappa shape index (κ3) is 4.26. The second-order valence-electron chi connectivity index (χ2n) is 6.09. The van der Waals surface area contributed by atoms with Gasteiger partial charge in [-0.05, 0) is 54.6 Å². The Morgan fingerprint density at radius 1 is 0.931 bits per heavy atom. The summed E-state index contributed by atoms with van der Waals surface area (Å²) in [4.78, 5) is 29.5. The van der Waals surface area contributed by atoms with E-state index >= 15 is 0 Å². The summed E-state index contributed by atoms with van der Waals surface area (Å²) in [5.74, 6) is -1.16. The van der Waals surface area contributed by atoms with Crippen LogP contribution in [-0.4, -0.2) is 16.8 Å². The minimum Gasteiger partial charge on any atom is -0.321 e. The van der Waals surface area contributed by atoms with Gasteiger partial charge in [-0.25, -0.2) is 9.37 Å². The van der Waals surface area contributed by atoms with Gasteiger partial charge < -0.3 is 5.32 Å². The van der Waals surface area contributed by atoms with E-state index in [0.29, 0.717) is 31.6 Å². The molecule has 0 saturated carbocycles. The third-order valence-electron chi connectivity index (χ3n) is 4.10. The van der Waals surface area contributed by atoms with Crippen LogP contribution in [0.2, 0.25) is 5.02 Å². The molecule has 0 radical (unpaired) electrons. The maximum Gasteiger partial charge on any atom is 0.259 e. The number of amides is 2. The summed E-state index contributed by atoms with van der Waals surface area (Å²) in [7, 11) is 0. The summed E-state index contributed by atoms with van der Waals surface area (Å²) in [6.45, 7) is 0. The molecule has 8 heteroatoms. The number of anilines is 2. The van der Waals surface area contributed by atoms with Crippen molar-refractivity contribution in [1.29, 1.82) is 0 Å². The molecule has 1 heterocycles. The molecule has 0 saturated heterocycles. The highest BCUT2D eigenvalue weighted by Crippen LogP contribution is 2.27. The number of hydrogen-bond donors (Lipinski definition) is 2. The summed E-state index contributed by atoms with van der Waals surface area (Å²) in [5.41, 5.74) is 1.64. The fourth-order valence-electron chi connectivity index (χ4n) is 2.70. The lowest BCUT2D eigenvalue weighted by atomic mass is 10.1. The summed E-state index contributed by atoms with van der Waals surface area (Å²) >= 11 is 7.02. The van der Waals surface area contributed by atoms with Crippen LogP contribution >= 0.6 is 22.9 Å². The zero-order chi connectivity index (χ0) is 20.4. The van der Waals surface area contributed by atoms with Crippen molar-refractivity contribution in [3.8, 4) is 0 Å². The van der Waals surface area contributed by atoms with Crippen LogP contribution in [0, 0.1) is 5.82 Å². The van der Waals surface area contributed by atoms with E-state index < -0.39 is 5.91 Å². The van der Waals surface area contributed by atoms with E-state index in [0.717, 1.165) is 0 Å². The van der Waals surface area contributed by atoms with Gasteiger partial charge in [0, 0.05) is 10.6 Å². The molecule has 0 bridgehead atoms. The van der Waals surface area contributed by atoms with Gasteiger partial charge >= 0.3 is 0 Å². The Hall–Kier alpha value is -3.29. The quantitative estimate of drug-likeness (QED) is 0.447. The highest BCUT2D eigenvalue weighted by Gasteiger charge is 2.16. The SMILES string of the molecule is O=C(Nc1ccccc1C(=O)Nc1nc2ccc(F)cc2s1)c1ccc(Cl)cc1. The van der Waals surface area contributed by atoms with Crippen molar-refractivity contribution in [2.45, 2.75) is 0 Å². The molecule has 2 amide bonds. The largest absolute Gasteiger partial charge is 0.321 e. The molecule has 0 atom stereocenters. The molecule has 2 N–H and O–H groups in total. The average Bonchev–Trinajstić information content (AvgIpc) is 3.10. The van der Waals surface area contributed by atoms with Crippen LogP contribution in [0.3, 0.4) is 0 Å². The van der Waals surface area contributed by atoms with E-state index in [9.17, 15) is 14.0 Å². The highest BCUT2D eigenvalue weighted by atomic mass is 35.5. The number of para-hydroxylation sites is 1. The Balaban J connectivity index is 1.55. The maximum atomic E-state index is 13.4. The third-order valence-corrected chi connectivity index (χ3v) is 5.28. The molecule has 0 aliphatic rings. The number of aromatic nitrogens is 1. The Labute approximate surface area is 174 Å². The number of nitrogens with zero attached hydrogens (tertiary/aromatic N) is 1. The Bertz CT molecular complexity index is 1220. The maximum absolute atomic E-state index is 13.4. The molecule has 1 aromatic heterocycles. The first-order valence-corrected chi connectivity index (χ1v) is 9.72. The molecular weight excluding hydrogens is 413 g/mol. The fraction of sp³-hybridized carbons (Fsp3) is 0. The van der Waals surface area contributed by atoms with Crippen LogP contribution in [0.4, 0.5) is 15.2 Å². The normalized spacial score (nSPS) is 10.7. The number of benzene rings is 3. The monoisotopic (exact) mass is 425 g/mol. The molecule has 0 spiro atoms. The van der Waals surface area contributed by atoms with Crippen LogP contribution in [0.25, 0.3) is 10.2 Å². The topological polar surface area (TPSA) is 71.1 Å². The molecule has 4 aromatic rings. The number of nitrogens with one attached hydrogen (secondary N) is 2. The zero-order valence-corrected chi connectivity index (χ0v) is 16.4. The van der Waals surface area contributed by atoms with Gasteiger partial charge in [-0.15, -0.1) is 0 Å². The number of halogens is 2. The van der Waals surface area contributed by atoms with Gasteiger partial charge in [0.1, 0.15) is 5.82 Å². The van der Waals surface area contributed by atoms with E-state index in [1.807, 2.05) is 0 Å². The number of thiazole rings is 1. The van der Waals surface area contributed by atoms with Crippen molar-refractivity contribution in [3.63, 3.8) is 0 Å². The minimum absolute atomic E-state index is 0.278. The van der Waals surface area contributed by atoms with Gasteiger partial charge in [0.25, 0.3) is 11.8 Å². The Morgan fingerprint density at radius 2 is 1.69 bits per heavy atom. The predicted octanol–water partition coefficient (Wildman–Crippen LogP) is 5.59. The molecule has 144 valence electrons. The predicted molar refractivity (Wildman–Crippen MR) is 113 cm³/mol. The van der Waals surface area contributed by atoms with Crippen molar-refractivity contribution in [2.75, 3.05) is 10.6 Å². The van der Waals surface area contributed by atoms with Crippen LogP contribution in [0.5, 0.6) is 0 Å². The number of rotatable bonds is 4. The van der Waals surface area contributed by atoms with Gasteiger partial charge in [-0.2, -0.15) is 0 Å². The molecular formula is C21H13ClFN3O2S. The van der Waals surface area contributed by atoms with E-state index in [1.165, 1.54) is 23.5 Å². The van der Waals surface area contributed by atoms with Gasteiger partial charge in [0.05, 0.1) is 21.5 Å². The van der Waals surface area contributed by atoms with Crippen LogP contribution < -0.4 is 10.6 Å². The lowest BCUT2D eigenvalue weighted by molar-refractivity contribution is 0.102. The van der Waals surface area contributed by atoms with E-state index in [4.69, 9.17) is 11.6 Å². The second-order valence-corrected chi connectivity index (χ2v) is 7.56. The lowest BCUT2D eigenvalue weighted by Crippen LogP contribution is -2.18. The Kier molecular flexibility index (Phi) is 5.24. The van der Waals surface area contributed by atoms with Gasteiger partial charge in [0.2, 0.25) is 0 Å². The summed E-state index contributed by atoms with van der Waals surface area (Å²) < 4.78 is 14.0. The lowest BCUT2D eigenvalue weighted by Gasteiger charge is -2.10. The average molecular weight is 426 g/mol. The minimum atomic E-state index is -0.434. The molecule has 5 nitrogen and oxygen atoms in total. The highest BCUT2D eigenvalue weighted by molar-refractivity contribution is 7.22. The fourth-order valence-corrected chi connectivity index (χ4v) is 3.71. The smallest absolute Gasteiger partial charge is 0.259 e. The van der Waals surface area contributed by atoms with Gasteiger partial charge in [-0.1, -0.05) is 35.1 Å². The van der Waals surface area contributed by atoms with Crippen molar-refractivity contribution >= 4 is 55.8 Å². The van der Waals surface area contributed by atoms with Crippen LogP contribution in [0.1, 0.15) is 20.7 Å². The first kappa shape index (κ1) is 19.0. The molecule has 29 heavy (non-hydrogen) atoms. The van der Waals surface area contributed by atoms with Gasteiger partial charge in [-0.3, -0.25) is 14.9 Å². The molecule has 0 unspecified atom stereocenters. The number of hydrogen-bond acceptors (Lipinski definition) is 4.